The molecule has 11 nitrogen and oxygen atoms in total. The molecule has 1 atom stereocenters. The first-order valence-electron chi connectivity index (χ1n) is 6.13. The van der Waals surface area contributed by atoms with Gasteiger partial charge in [-0.15, -0.1) is 0 Å². The van der Waals surface area contributed by atoms with E-state index in [0.717, 1.165) is 9.80 Å². The Balaban J connectivity index is 4.62. The molecule has 0 saturated heterocycles. The Hall–Kier alpha value is -2.24. The maximum absolute atomic E-state index is 10.6. The fourth-order valence-corrected chi connectivity index (χ4v) is 1.69. The van der Waals surface area contributed by atoms with Crippen molar-refractivity contribution in [2.24, 2.45) is 0 Å². The lowest BCUT2D eigenvalue weighted by molar-refractivity contribution is -0.147. The third-order valence-corrected chi connectivity index (χ3v) is 2.52. The molecule has 0 amide bonds. The van der Waals surface area contributed by atoms with E-state index in [2.05, 4.69) is 0 Å². The molecule has 0 radical (unpaired) electrons. The summed E-state index contributed by atoms with van der Waals surface area (Å²) in [5.41, 5.74) is 0. The van der Waals surface area contributed by atoms with Crippen LogP contribution in [0.1, 0.15) is 6.42 Å². The predicted molar refractivity (Wildman–Crippen MR) is 69.2 cm³/mol. The van der Waals surface area contributed by atoms with Gasteiger partial charge in [-0.3, -0.25) is 29.0 Å². The van der Waals surface area contributed by atoms with Gasteiger partial charge in [-0.1, -0.05) is 0 Å². The van der Waals surface area contributed by atoms with E-state index in [-0.39, 0.29) is 13.0 Å². The van der Waals surface area contributed by atoms with Crippen molar-refractivity contribution >= 4 is 23.9 Å². The second kappa shape index (κ2) is 9.65. The van der Waals surface area contributed by atoms with Crippen LogP contribution in [0, 0.1) is 0 Å². The zero-order valence-corrected chi connectivity index (χ0v) is 11.6. The maximum atomic E-state index is 10.6. The lowest BCUT2D eigenvalue weighted by atomic mass is 10.3. The van der Waals surface area contributed by atoms with Crippen LogP contribution in [0.25, 0.3) is 0 Å². The van der Waals surface area contributed by atoms with Crippen molar-refractivity contribution in [3.8, 4) is 0 Å². The zero-order valence-electron chi connectivity index (χ0n) is 11.6. The van der Waals surface area contributed by atoms with E-state index in [0.29, 0.717) is 0 Å². The lowest BCUT2D eigenvalue weighted by Crippen LogP contribution is -2.44. The van der Waals surface area contributed by atoms with Gasteiger partial charge in [-0.05, 0) is 6.42 Å². The van der Waals surface area contributed by atoms with Crippen molar-refractivity contribution < 1.29 is 44.7 Å². The van der Waals surface area contributed by atoms with Crippen molar-refractivity contribution in [3.63, 3.8) is 0 Å². The van der Waals surface area contributed by atoms with Gasteiger partial charge in [0, 0.05) is 6.54 Å². The quantitative estimate of drug-likeness (QED) is 0.243. The summed E-state index contributed by atoms with van der Waals surface area (Å²) in [6, 6.07) is 0. The van der Waals surface area contributed by atoms with Crippen LogP contribution in [0.5, 0.6) is 0 Å². The highest BCUT2D eigenvalue weighted by Gasteiger charge is 2.23. The first kappa shape index (κ1) is 19.8. The van der Waals surface area contributed by atoms with Crippen molar-refractivity contribution in [1.82, 2.24) is 9.80 Å². The molecule has 22 heavy (non-hydrogen) atoms. The summed E-state index contributed by atoms with van der Waals surface area (Å²) in [6.07, 6.45) is -1.67. The third kappa shape index (κ3) is 9.63. The average molecular weight is 322 g/mol. The van der Waals surface area contributed by atoms with E-state index in [9.17, 15) is 24.3 Å². The molecule has 0 aliphatic heterocycles. The first-order chi connectivity index (χ1) is 10.1. The Morgan fingerprint density at radius 3 is 1.41 bits per heavy atom. The van der Waals surface area contributed by atoms with Crippen molar-refractivity contribution in [1.29, 1.82) is 0 Å². The largest absolute Gasteiger partial charge is 0.480 e. The minimum Gasteiger partial charge on any atom is -0.480 e. The van der Waals surface area contributed by atoms with Gasteiger partial charge in [0.05, 0.1) is 26.2 Å². The summed E-state index contributed by atoms with van der Waals surface area (Å²) >= 11 is 0. The van der Waals surface area contributed by atoms with Crippen LogP contribution < -0.4 is 0 Å². The second-order valence-electron chi connectivity index (χ2n) is 4.46. The summed E-state index contributed by atoms with van der Waals surface area (Å²) < 4.78 is 0. The van der Waals surface area contributed by atoms with Gasteiger partial charge in [0.2, 0.25) is 0 Å². The summed E-state index contributed by atoms with van der Waals surface area (Å²) in [6.45, 7) is -2.74. The number of carboxylic acid groups (broad SMARTS) is 4. The molecule has 0 saturated carbocycles. The monoisotopic (exact) mass is 322 g/mol. The van der Waals surface area contributed by atoms with Crippen LogP contribution in [0.15, 0.2) is 0 Å². The van der Waals surface area contributed by atoms with Gasteiger partial charge in [0.25, 0.3) is 0 Å². The van der Waals surface area contributed by atoms with Crippen LogP contribution in [0.2, 0.25) is 0 Å². The second-order valence-corrected chi connectivity index (χ2v) is 4.46. The van der Waals surface area contributed by atoms with Gasteiger partial charge in [0.15, 0.2) is 0 Å². The van der Waals surface area contributed by atoms with Crippen LogP contribution in [0.3, 0.4) is 0 Å². The van der Waals surface area contributed by atoms with Crippen LogP contribution in [0.4, 0.5) is 0 Å². The number of rotatable bonds is 12. The molecular formula is C11H18N2O9. The number of carboxylic acids is 4. The topological polar surface area (TPSA) is 176 Å². The Kier molecular flexibility index (Phi) is 8.67. The fraction of sp³-hybridized carbons (Fsp3) is 0.636. The van der Waals surface area contributed by atoms with E-state index < -0.39 is 56.3 Å². The molecule has 5 N–H and O–H groups in total. The van der Waals surface area contributed by atoms with E-state index in [1.165, 1.54) is 0 Å². The molecule has 0 rings (SSSR count). The summed E-state index contributed by atoms with van der Waals surface area (Å²) in [5, 5.41) is 44.4. The molecule has 0 bridgehead atoms. The highest BCUT2D eigenvalue weighted by Crippen LogP contribution is 2.03. The van der Waals surface area contributed by atoms with Gasteiger partial charge in [0.1, 0.15) is 6.23 Å². The van der Waals surface area contributed by atoms with Gasteiger partial charge >= 0.3 is 23.9 Å². The van der Waals surface area contributed by atoms with Gasteiger partial charge < -0.3 is 25.5 Å². The van der Waals surface area contributed by atoms with Crippen LogP contribution in [-0.4, -0.2) is 98.2 Å². The van der Waals surface area contributed by atoms with Crippen LogP contribution in [-0.2, 0) is 19.2 Å². The van der Waals surface area contributed by atoms with E-state index >= 15 is 0 Å². The highest BCUT2D eigenvalue weighted by molar-refractivity contribution is 5.73. The number of aliphatic hydroxyl groups is 1. The number of nitrogens with zero attached hydrogens (tertiary/aromatic N) is 2. The van der Waals surface area contributed by atoms with Crippen molar-refractivity contribution in [2.75, 3.05) is 32.7 Å². The summed E-state index contributed by atoms with van der Waals surface area (Å²) in [7, 11) is 0. The Morgan fingerprint density at radius 1 is 0.727 bits per heavy atom. The first-order valence-corrected chi connectivity index (χ1v) is 6.13. The molecule has 0 aromatic rings. The minimum absolute atomic E-state index is 0.157. The predicted octanol–water partition coefficient (Wildman–Crippen LogP) is -2.36. The number of hydrogen-bond acceptors (Lipinski definition) is 7. The molecule has 11 heteroatoms. The Labute approximate surface area is 125 Å². The average Bonchev–Trinajstić information content (AvgIpc) is 2.32. The standard InChI is InChI=1S/C11H18N2O9/c14-7(13(5-10(19)20)6-11(21)22)1-2-12(3-8(15)16)4-9(17)18/h7,14H,1-6H2,(H,15,16)(H,17,18)(H,19,20)(H,21,22). The van der Waals surface area contributed by atoms with E-state index in [1.54, 1.807) is 0 Å². The van der Waals surface area contributed by atoms with Crippen LogP contribution >= 0.6 is 0 Å². The molecule has 1 unspecified atom stereocenters. The molecule has 0 fully saturated rings. The molecule has 0 heterocycles. The molecule has 0 aromatic carbocycles. The molecule has 0 aliphatic rings. The summed E-state index contributed by atoms with van der Waals surface area (Å²) in [5.74, 6) is -5.20. The maximum Gasteiger partial charge on any atom is 0.317 e. The SMILES string of the molecule is O=C(O)CN(CCC(O)N(CC(=O)O)CC(=O)O)CC(=O)O. The Morgan fingerprint density at radius 2 is 1.09 bits per heavy atom. The molecule has 0 aliphatic carbocycles. The number of carbonyl (C=O) groups is 4. The van der Waals surface area contributed by atoms with Gasteiger partial charge in [-0.2, -0.15) is 0 Å². The van der Waals surface area contributed by atoms with E-state index in [4.69, 9.17) is 20.4 Å². The molecule has 0 spiro atoms. The van der Waals surface area contributed by atoms with Crippen molar-refractivity contribution in [3.05, 3.63) is 0 Å². The smallest absolute Gasteiger partial charge is 0.317 e. The number of hydrogen-bond donors (Lipinski definition) is 5. The molecule has 0 aromatic heterocycles. The molecular weight excluding hydrogens is 304 g/mol. The van der Waals surface area contributed by atoms with E-state index in [1.807, 2.05) is 0 Å². The number of aliphatic carboxylic acids is 4. The molecule has 126 valence electrons. The lowest BCUT2D eigenvalue weighted by Gasteiger charge is -2.26. The zero-order chi connectivity index (χ0) is 17.3. The normalized spacial score (nSPS) is 12.3. The third-order valence-electron chi connectivity index (χ3n) is 2.52. The minimum atomic E-state index is -1.46. The van der Waals surface area contributed by atoms with Crippen molar-refractivity contribution in [2.45, 2.75) is 12.6 Å². The van der Waals surface area contributed by atoms with Gasteiger partial charge in [-0.25, -0.2) is 0 Å². The Bertz CT molecular complexity index is 394. The highest BCUT2D eigenvalue weighted by atomic mass is 16.4. The number of aliphatic hydroxyl groups excluding tert-OH is 1. The fourth-order valence-electron chi connectivity index (χ4n) is 1.69. The summed E-state index contributed by atoms with van der Waals surface area (Å²) in [4.78, 5) is 44.2.